The predicted octanol–water partition coefficient (Wildman–Crippen LogP) is 4.27. The Hall–Kier alpha value is -1.21. The number of non-ortho nitro benzene ring substituents is 1. The summed E-state index contributed by atoms with van der Waals surface area (Å²) >= 11 is 11.4. The minimum atomic E-state index is -4.30. The van der Waals surface area contributed by atoms with Gasteiger partial charge in [0.25, 0.3) is 5.69 Å². The maximum atomic E-state index is 11.9. The fourth-order valence-corrected chi connectivity index (χ4v) is 1.77. The SMILES string of the molecule is O=[N+]([O-])c1cc(Cl)c(NCCC(F)(F)F)c(Cl)c1. The van der Waals surface area contributed by atoms with Crippen LogP contribution in [-0.4, -0.2) is 17.6 Å². The van der Waals surface area contributed by atoms with Gasteiger partial charge in [0.2, 0.25) is 0 Å². The lowest BCUT2D eigenvalue weighted by molar-refractivity contribution is -0.384. The van der Waals surface area contributed by atoms with Crippen molar-refractivity contribution in [2.45, 2.75) is 12.6 Å². The van der Waals surface area contributed by atoms with Gasteiger partial charge in [-0.05, 0) is 0 Å². The monoisotopic (exact) mass is 302 g/mol. The summed E-state index contributed by atoms with van der Waals surface area (Å²) in [5, 5.41) is 12.7. The van der Waals surface area contributed by atoms with Crippen molar-refractivity contribution in [1.82, 2.24) is 0 Å². The summed E-state index contributed by atoms with van der Waals surface area (Å²) in [6.45, 7) is -0.416. The number of halogens is 5. The molecule has 0 aliphatic rings. The molecule has 0 unspecified atom stereocenters. The van der Waals surface area contributed by atoms with Crippen molar-refractivity contribution >= 4 is 34.6 Å². The summed E-state index contributed by atoms with van der Waals surface area (Å²) in [6.07, 6.45) is -5.36. The second-order valence-corrected chi connectivity index (χ2v) is 4.15. The molecule has 0 fully saturated rings. The number of nitro benzene ring substituents is 1. The van der Waals surface area contributed by atoms with Crippen LogP contribution in [0.3, 0.4) is 0 Å². The molecule has 1 aromatic carbocycles. The molecule has 0 bridgehead atoms. The van der Waals surface area contributed by atoms with Crippen molar-refractivity contribution in [3.8, 4) is 0 Å². The Morgan fingerprint density at radius 3 is 2.17 bits per heavy atom. The molecule has 4 nitrogen and oxygen atoms in total. The van der Waals surface area contributed by atoms with Crippen molar-refractivity contribution in [3.63, 3.8) is 0 Å². The molecular formula is C9H7Cl2F3N2O2. The largest absolute Gasteiger partial charge is 0.390 e. The van der Waals surface area contributed by atoms with E-state index in [2.05, 4.69) is 5.32 Å². The first-order valence-electron chi connectivity index (χ1n) is 4.65. The summed E-state index contributed by atoms with van der Waals surface area (Å²) in [6, 6.07) is 2.03. The third-order valence-electron chi connectivity index (χ3n) is 1.95. The molecule has 0 aliphatic carbocycles. The van der Waals surface area contributed by atoms with Crippen LogP contribution in [0.1, 0.15) is 6.42 Å². The van der Waals surface area contributed by atoms with E-state index < -0.39 is 24.1 Å². The highest BCUT2D eigenvalue weighted by Gasteiger charge is 2.26. The average Bonchev–Trinajstić information content (AvgIpc) is 2.20. The summed E-state index contributed by atoms with van der Waals surface area (Å²) in [5.41, 5.74) is -0.278. The number of rotatable bonds is 4. The van der Waals surface area contributed by atoms with Crippen LogP contribution in [0.25, 0.3) is 0 Å². The summed E-state index contributed by atoms with van der Waals surface area (Å²) in [7, 11) is 0. The average molecular weight is 303 g/mol. The Morgan fingerprint density at radius 2 is 1.78 bits per heavy atom. The van der Waals surface area contributed by atoms with Crippen LogP contribution in [0.15, 0.2) is 12.1 Å². The summed E-state index contributed by atoms with van der Waals surface area (Å²) < 4.78 is 35.8. The van der Waals surface area contributed by atoms with Gasteiger partial charge in [-0.25, -0.2) is 0 Å². The molecule has 1 N–H and O–H groups in total. The van der Waals surface area contributed by atoms with E-state index in [0.29, 0.717) is 0 Å². The van der Waals surface area contributed by atoms with Crippen molar-refractivity contribution in [1.29, 1.82) is 0 Å². The first kappa shape index (κ1) is 14.8. The van der Waals surface area contributed by atoms with E-state index in [-0.39, 0.29) is 21.4 Å². The fraction of sp³-hybridized carbons (Fsp3) is 0.333. The van der Waals surface area contributed by atoms with Gasteiger partial charge in [-0.2, -0.15) is 13.2 Å². The van der Waals surface area contributed by atoms with Crippen LogP contribution in [-0.2, 0) is 0 Å². The third-order valence-corrected chi connectivity index (χ3v) is 2.54. The number of nitro groups is 1. The van der Waals surface area contributed by atoms with Gasteiger partial charge in [0.1, 0.15) is 0 Å². The zero-order chi connectivity index (χ0) is 13.9. The van der Waals surface area contributed by atoms with E-state index in [1.54, 1.807) is 0 Å². The molecule has 0 atom stereocenters. The number of nitrogens with one attached hydrogen (secondary N) is 1. The van der Waals surface area contributed by atoms with Crippen molar-refractivity contribution in [2.24, 2.45) is 0 Å². The van der Waals surface area contributed by atoms with Crippen LogP contribution in [0.4, 0.5) is 24.5 Å². The first-order valence-corrected chi connectivity index (χ1v) is 5.40. The van der Waals surface area contributed by atoms with Gasteiger partial charge >= 0.3 is 6.18 Å². The van der Waals surface area contributed by atoms with Crippen molar-refractivity contribution < 1.29 is 18.1 Å². The Labute approximate surface area is 110 Å². The third kappa shape index (κ3) is 4.23. The molecule has 0 saturated carbocycles. The highest BCUT2D eigenvalue weighted by atomic mass is 35.5. The van der Waals surface area contributed by atoms with Gasteiger partial charge in [-0.15, -0.1) is 0 Å². The number of alkyl halides is 3. The molecule has 0 amide bonds. The van der Waals surface area contributed by atoms with Gasteiger partial charge in [0, 0.05) is 18.7 Å². The lowest BCUT2D eigenvalue weighted by Gasteiger charge is -2.11. The maximum absolute atomic E-state index is 11.9. The first-order chi connectivity index (χ1) is 8.20. The molecule has 0 aromatic heterocycles. The highest BCUT2D eigenvalue weighted by molar-refractivity contribution is 6.39. The van der Waals surface area contributed by atoms with Crippen LogP contribution in [0.2, 0.25) is 10.0 Å². The van der Waals surface area contributed by atoms with E-state index >= 15 is 0 Å². The Kier molecular flexibility index (Phi) is 4.64. The molecule has 1 aromatic rings. The number of hydrogen-bond donors (Lipinski definition) is 1. The van der Waals surface area contributed by atoms with Crippen molar-refractivity contribution in [3.05, 3.63) is 32.3 Å². The molecule has 0 heterocycles. The van der Waals surface area contributed by atoms with E-state index in [9.17, 15) is 23.3 Å². The van der Waals surface area contributed by atoms with Crippen LogP contribution >= 0.6 is 23.2 Å². The van der Waals surface area contributed by atoms with E-state index in [1.807, 2.05) is 0 Å². The number of anilines is 1. The molecule has 0 radical (unpaired) electrons. The molecule has 9 heteroatoms. The molecule has 0 aliphatic heterocycles. The van der Waals surface area contributed by atoms with Crippen LogP contribution in [0.5, 0.6) is 0 Å². The topological polar surface area (TPSA) is 55.2 Å². The molecule has 100 valence electrons. The highest BCUT2D eigenvalue weighted by Crippen LogP contribution is 2.34. The minimum Gasteiger partial charge on any atom is -0.382 e. The smallest absolute Gasteiger partial charge is 0.382 e. The molecule has 1 rings (SSSR count). The summed E-state index contributed by atoms with van der Waals surface area (Å²) in [5.74, 6) is 0. The quantitative estimate of drug-likeness (QED) is 0.667. The van der Waals surface area contributed by atoms with Crippen LogP contribution in [0, 0.1) is 10.1 Å². The molecule has 0 saturated heterocycles. The maximum Gasteiger partial charge on any atom is 0.390 e. The minimum absolute atomic E-state index is 0.0492. The van der Waals surface area contributed by atoms with Gasteiger partial charge < -0.3 is 5.32 Å². The summed E-state index contributed by atoms with van der Waals surface area (Å²) in [4.78, 5) is 9.78. The van der Waals surface area contributed by atoms with Gasteiger partial charge in [0.05, 0.1) is 27.1 Å². The Morgan fingerprint density at radius 1 is 1.28 bits per heavy atom. The van der Waals surface area contributed by atoms with E-state index in [0.717, 1.165) is 12.1 Å². The normalized spacial score (nSPS) is 11.4. The number of hydrogen-bond acceptors (Lipinski definition) is 3. The lowest BCUT2D eigenvalue weighted by Crippen LogP contribution is -2.15. The van der Waals surface area contributed by atoms with Gasteiger partial charge in [-0.3, -0.25) is 10.1 Å². The van der Waals surface area contributed by atoms with E-state index in [4.69, 9.17) is 23.2 Å². The second-order valence-electron chi connectivity index (χ2n) is 3.33. The Bertz CT molecular complexity index is 443. The zero-order valence-electron chi connectivity index (χ0n) is 8.72. The van der Waals surface area contributed by atoms with Crippen LogP contribution < -0.4 is 5.32 Å². The van der Waals surface area contributed by atoms with Gasteiger partial charge in [-0.1, -0.05) is 23.2 Å². The Balaban J connectivity index is 2.81. The fourth-order valence-electron chi connectivity index (χ4n) is 1.16. The lowest BCUT2D eigenvalue weighted by atomic mass is 10.2. The number of benzene rings is 1. The second kappa shape index (κ2) is 5.62. The standard InChI is InChI=1S/C9H7Cl2F3N2O2/c10-6-3-5(16(17)18)4-7(11)8(6)15-2-1-9(12,13)14/h3-4,15H,1-2H2. The predicted molar refractivity (Wildman–Crippen MR) is 62.3 cm³/mol. The van der Waals surface area contributed by atoms with Crippen molar-refractivity contribution in [2.75, 3.05) is 11.9 Å². The van der Waals surface area contributed by atoms with Gasteiger partial charge in [0.15, 0.2) is 0 Å². The van der Waals surface area contributed by atoms with E-state index in [1.165, 1.54) is 0 Å². The molecule has 18 heavy (non-hydrogen) atoms. The zero-order valence-corrected chi connectivity index (χ0v) is 10.2. The molecular weight excluding hydrogens is 296 g/mol. The number of nitrogens with zero attached hydrogens (tertiary/aromatic N) is 1. The molecule has 0 spiro atoms.